The van der Waals surface area contributed by atoms with Gasteiger partial charge >= 0.3 is 0 Å². The van der Waals surface area contributed by atoms with Crippen LogP contribution in [0.1, 0.15) is 46.6 Å². The Morgan fingerprint density at radius 2 is 0.455 bits per heavy atom. The number of para-hydroxylation sites is 6. The van der Waals surface area contributed by atoms with Crippen LogP contribution in [0.15, 0.2) is 532 Å². The summed E-state index contributed by atoms with van der Waals surface area (Å²) >= 11 is 0. The van der Waals surface area contributed by atoms with E-state index in [2.05, 4.69) is 0 Å². The molecule has 0 aliphatic rings. The minimum atomic E-state index is -0.721. The van der Waals surface area contributed by atoms with Crippen molar-refractivity contribution >= 4 is 174 Å². The minimum absolute atomic E-state index is 0.0242. The first-order valence-electron chi connectivity index (χ1n) is 63.2. The minimum Gasteiger partial charge on any atom is -0.456 e. The molecule has 0 saturated heterocycles. The van der Waals surface area contributed by atoms with Crippen molar-refractivity contribution in [1.29, 1.82) is 0 Å². The Labute approximate surface area is 870 Å². The van der Waals surface area contributed by atoms with Crippen LogP contribution in [0.3, 0.4) is 0 Å². The second kappa shape index (κ2) is 34.0. The van der Waals surface area contributed by atoms with Crippen LogP contribution in [0.4, 0.5) is 0 Å². The molecule has 0 aliphatic carbocycles. The molecule has 0 fully saturated rings. The van der Waals surface area contributed by atoms with Gasteiger partial charge in [-0.05, 0) is 273 Å². The summed E-state index contributed by atoms with van der Waals surface area (Å²) in [4.78, 5) is 0. The molecule has 0 radical (unpaired) electrons. The van der Waals surface area contributed by atoms with Gasteiger partial charge in [-0.3, -0.25) is 0 Å². The van der Waals surface area contributed by atoms with Crippen LogP contribution in [-0.2, 0) is 0 Å². The summed E-state index contributed by atoms with van der Waals surface area (Å²) in [5.41, 5.74) is 13.0. The van der Waals surface area contributed by atoms with E-state index in [-0.39, 0.29) is 139 Å². The van der Waals surface area contributed by atoms with Crippen molar-refractivity contribution in [2.75, 3.05) is 0 Å². The molecule has 5 aromatic heterocycles. The molecule has 30 rings (SSSR count). The number of benzene rings is 25. The van der Waals surface area contributed by atoms with Crippen molar-refractivity contribution in [3.05, 3.63) is 515 Å². The maximum atomic E-state index is 9.68. The Balaban J connectivity index is 0.000000122. The number of hydrogen-bond acceptors (Lipinski definition) is 4. The van der Waals surface area contributed by atoms with Crippen molar-refractivity contribution in [1.82, 2.24) is 4.57 Å². The number of rotatable bonds is 11. The van der Waals surface area contributed by atoms with Gasteiger partial charge in [-0.2, -0.15) is 0 Å². The third-order valence-electron chi connectivity index (χ3n) is 27.0. The fourth-order valence-electron chi connectivity index (χ4n) is 20.8. The molecule has 666 valence electrons. The van der Waals surface area contributed by atoms with Gasteiger partial charge in [0.15, 0.2) is 5.58 Å². The smallest absolute Gasteiger partial charge is 0.159 e. The lowest BCUT2D eigenvalue weighted by molar-refractivity contribution is 0.666. The van der Waals surface area contributed by atoms with E-state index >= 15 is 0 Å². The lowest BCUT2D eigenvalue weighted by Crippen LogP contribution is -1.96. The highest BCUT2D eigenvalue weighted by Crippen LogP contribution is 2.54. The zero-order valence-electron chi connectivity index (χ0n) is 109. The van der Waals surface area contributed by atoms with Gasteiger partial charge in [-0.1, -0.05) is 412 Å². The van der Waals surface area contributed by atoms with Crippen LogP contribution in [0.5, 0.6) is 0 Å². The fourth-order valence-corrected chi connectivity index (χ4v) is 20.8. The molecule has 0 N–H and O–H groups in total. The largest absolute Gasteiger partial charge is 0.456 e. The molecule has 5 heterocycles. The van der Waals surface area contributed by atoms with Gasteiger partial charge < -0.3 is 22.2 Å². The molecule has 0 unspecified atom stereocenters. The lowest BCUT2D eigenvalue weighted by atomic mass is 9.82. The highest BCUT2D eigenvalue weighted by atomic mass is 16.3. The normalized spacial score (nSPS) is 15.1. The number of furan rings is 4. The molecule has 5 nitrogen and oxygen atoms in total. The van der Waals surface area contributed by atoms with Crippen LogP contribution in [0.2, 0.25) is 0 Å². The first kappa shape index (κ1) is 54.9. The van der Waals surface area contributed by atoms with Crippen LogP contribution < -0.4 is 0 Å². The molecule has 25 aromatic carbocycles. The average Bonchev–Trinajstić information content (AvgIpc) is 1.69. The second-order valence-corrected chi connectivity index (χ2v) is 34.8. The van der Waals surface area contributed by atoms with E-state index in [0.29, 0.717) is 83.1 Å². The zero-order valence-corrected chi connectivity index (χ0v) is 75.0. The maximum absolute atomic E-state index is 9.68. The molecule has 0 aliphatic heterocycles. The van der Waals surface area contributed by atoms with Crippen molar-refractivity contribution in [2.24, 2.45) is 0 Å². The van der Waals surface area contributed by atoms with Gasteiger partial charge in [-0.25, -0.2) is 0 Å². The monoisotopic (exact) mass is 1850 g/mol. The first-order chi connectivity index (χ1) is 85.1. The summed E-state index contributed by atoms with van der Waals surface area (Å²) in [7, 11) is 0. The third-order valence-corrected chi connectivity index (χ3v) is 27.0. The summed E-state index contributed by atoms with van der Waals surface area (Å²) in [5, 5.41) is 7.39. The van der Waals surface area contributed by atoms with E-state index in [1.807, 2.05) is 247 Å². The van der Waals surface area contributed by atoms with Crippen LogP contribution in [0, 0.1) is 0 Å². The van der Waals surface area contributed by atoms with Gasteiger partial charge in [0.2, 0.25) is 0 Å². The van der Waals surface area contributed by atoms with E-state index in [9.17, 15) is 16.4 Å². The third kappa shape index (κ3) is 13.8. The summed E-state index contributed by atoms with van der Waals surface area (Å²) in [5.74, 6) is 0. The Hall–Kier alpha value is -18.9. The van der Waals surface area contributed by atoms with Crippen molar-refractivity contribution in [3.63, 3.8) is 0 Å². The van der Waals surface area contributed by atoms with Crippen LogP contribution in [0.25, 0.3) is 291 Å². The SMILES string of the molecule is [2H]c1c([2H])c([2H])c(-c2c3c([2H])c([2H])c([2H])c([2H])c3c(-c3cc(-n4c5ccccc5c5ccccc54)c4oc5ccccc5c4c3)c3c([2H])c([2H])c([2H])c([2H])c23)c([2H])c1[2H].[2H]c1c([2H])c([2H])c(-c2cc3oc4ccccc4c3cc2-c2c3c([2H])c([2H])c([2H])c([2H])c3c(-c3cc(-c4ccccc4)cc(-c4ccccc4)c3)c3c([2H])c([2H])c([2H])c([2H])c23)c([2H])c1[2H].[2H]c1c([2H])c([2H])c2c(-c3cc(-c4ccc5oc6ccccc6c5c4)c4oc5ccccc5c4c3)c3c([2H])c([2H])c([2H])c([2H])c3c(-c3ccccc3)c2c1[2H]. The lowest BCUT2D eigenvalue weighted by Gasteiger charge is -2.21. The number of nitrogens with zero attached hydrogens (tertiary/aromatic N) is 1. The van der Waals surface area contributed by atoms with Gasteiger partial charge in [-0.15, -0.1) is 0 Å². The standard InChI is InChI=1S/C50H32O.C44H27NO.C44H26O2/c1-4-16-33(17-5-1)36-28-37(34-18-6-2-7-19-34)30-38(29-36)49-40-23-10-12-25-42(40)50(43-26-13-11-24-41(43)49)46-31-45-39-22-14-15-27-47(39)51-48(45)32-44(46)35-20-8-3-9-21-35;1-2-14-28(15-3-1)42-33-19-4-6-21-35(33)43(36-22-7-5-20-34(36)42)29-26-37-32-18-10-13-25-41(32)46-44(37)40(27-29)45-38-23-11-8-16-30(38)31-17-9-12-24-39(31)45;1-2-12-27(13-3-1)42-32-16-4-6-18-34(32)43(35-19-7-5-17-33(35)42)29-25-36(44-38(26-29)31-15-9-11-21-40(31)46-44)28-22-23-41-37(24-28)30-14-8-10-20-39(30)45-41/h1-32H;1-27H;1-26H/i3D,8D,9D,10D,11D,12D,13D,20D,21D,23D,24D,25D,26D;1D,2D,3D,4D,5D,6D,7D,14D,15D,19D,20D,21D,22D;4D,5D,6D,7D,16D,17D,18D,19D. The molecular formula is C138H85NO4. The fraction of sp³-hybridized carbons (Fsp3) is 0. The Bertz CT molecular complexity index is 12200. The topological polar surface area (TPSA) is 57.5 Å². The number of aromatic nitrogens is 1. The summed E-state index contributed by atoms with van der Waals surface area (Å²) < 4.78 is 335. The van der Waals surface area contributed by atoms with E-state index in [0.717, 1.165) is 87.7 Å². The van der Waals surface area contributed by atoms with Crippen LogP contribution >= 0.6 is 0 Å². The Kier molecular flexibility index (Phi) is 13.1. The Morgan fingerprint density at radius 3 is 0.909 bits per heavy atom. The molecule has 0 amide bonds. The summed E-state index contributed by atoms with van der Waals surface area (Å²) in [6.45, 7) is 0. The highest BCUT2D eigenvalue weighted by Gasteiger charge is 2.28. The van der Waals surface area contributed by atoms with Gasteiger partial charge in [0.1, 0.15) is 39.1 Å². The summed E-state index contributed by atoms with van der Waals surface area (Å²) in [6.07, 6.45) is 0. The van der Waals surface area contributed by atoms with Crippen molar-refractivity contribution in [2.45, 2.75) is 0 Å². The highest BCUT2D eigenvalue weighted by molar-refractivity contribution is 6.28. The molecular weight excluding hydrogens is 1740 g/mol. The summed E-state index contributed by atoms with van der Waals surface area (Å²) in [6, 6.07) is 77.2. The van der Waals surface area contributed by atoms with Crippen LogP contribution in [-0.4, -0.2) is 4.57 Å². The van der Waals surface area contributed by atoms with Crippen molar-refractivity contribution < 1.29 is 64.3 Å². The molecule has 0 saturated carbocycles. The van der Waals surface area contributed by atoms with Gasteiger partial charge in [0.25, 0.3) is 0 Å². The number of fused-ring (bicyclic) bond motifs is 21. The van der Waals surface area contributed by atoms with E-state index < -0.39 is 187 Å². The van der Waals surface area contributed by atoms with Gasteiger partial charge in [0, 0.05) is 59.4 Å². The van der Waals surface area contributed by atoms with E-state index in [1.54, 1.807) is 60.7 Å². The quantitative estimate of drug-likeness (QED) is 0.121. The molecule has 0 spiro atoms. The van der Waals surface area contributed by atoms with E-state index in [4.69, 9.17) is 47.8 Å². The molecule has 0 atom stereocenters. The van der Waals surface area contributed by atoms with Crippen molar-refractivity contribution in [3.8, 4) is 117 Å². The van der Waals surface area contributed by atoms with E-state index in [1.165, 1.54) is 6.07 Å². The molecule has 5 heteroatoms. The zero-order chi connectivity index (χ0) is 124. The second-order valence-electron chi connectivity index (χ2n) is 34.8. The first-order valence-corrected chi connectivity index (χ1v) is 46.2. The predicted octanol–water partition coefficient (Wildman–Crippen LogP) is 39.3. The average molecular weight is 1860 g/mol. The van der Waals surface area contributed by atoms with Gasteiger partial charge in [0.05, 0.1) is 63.3 Å². The predicted molar refractivity (Wildman–Crippen MR) is 602 cm³/mol. The number of hydrogen-bond donors (Lipinski definition) is 0. The molecule has 30 aromatic rings. The molecule has 0 bridgehead atoms. The molecule has 143 heavy (non-hydrogen) atoms. The maximum Gasteiger partial charge on any atom is 0.159 e. The Morgan fingerprint density at radius 1 is 0.147 bits per heavy atom.